The summed E-state index contributed by atoms with van der Waals surface area (Å²) < 4.78 is 6.74. The average molecular weight is 406 g/mol. The third kappa shape index (κ3) is 5.36. The van der Waals surface area contributed by atoms with Crippen molar-refractivity contribution in [1.29, 1.82) is 0 Å². The monoisotopic (exact) mass is 405 g/mol. The Morgan fingerprint density at radius 3 is 2.30 bits per heavy atom. The molecular weight excluding hydrogens is 374 g/mol. The van der Waals surface area contributed by atoms with Gasteiger partial charge in [-0.15, -0.1) is 0 Å². The fraction of sp³-hybridized carbons (Fsp3) is 0.360. The number of benzene rings is 2. The Bertz CT molecular complexity index is 987. The molecule has 0 spiro atoms. The summed E-state index contributed by atoms with van der Waals surface area (Å²) >= 11 is 0. The summed E-state index contributed by atoms with van der Waals surface area (Å²) in [6.07, 6.45) is 0. The lowest BCUT2D eigenvalue weighted by Crippen LogP contribution is -2.17. The first-order valence-corrected chi connectivity index (χ1v) is 10.3. The summed E-state index contributed by atoms with van der Waals surface area (Å²) in [6, 6.07) is 19.2. The molecule has 4 rings (SSSR count). The summed E-state index contributed by atoms with van der Waals surface area (Å²) in [5.41, 5.74) is 7.47. The van der Waals surface area contributed by atoms with Gasteiger partial charge in [-0.3, -0.25) is 14.4 Å². The van der Waals surface area contributed by atoms with E-state index in [9.17, 15) is 4.79 Å². The van der Waals surface area contributed by atoms with Crippen LogP contribution in [0.25, 0.3) is 11.3 Å². The Hall–Kier alpha value is -2.92. The topological polar surface area (TPSA) is 47.4 Å². The Balaban J connectivity index is 0.000000318. The Morgan fingerprint density at radius 1 is 1.03 bits per heavy atom. The molecule has 5 heteroatoms. The van der Waals surface area contributed by atoms with Crippen LogP contribution in [0, 0.1) is 6.92 Å². The Morgan fingerprint density at radius 2 is 1.70 bits per heavy atom. The summed E-state index contributed by atoms with van der Waals surface area (Å²) in [6.45, 7) is 10.8. The highest BCUT2D eigenvalue weighted by Crippen LogP contribution is 2.34. The standard InChI is InChI=1S/C20H21N3.C5H10O2/c1-15-8-6-7-11-17(15)20-18-13-22(2)14-19(18)21-23(20)12-16-9-4-3-5-10-16;1-5(2,3)7-4-6/h3-11H,12-14H2,1-2H3;4H,1-3H3. The van der Waals surface area contributed by atoms with E-state index in [1.54, 1.807) is 0 Å². The van der Waals surface area contributed by atoms with Gasteiger partial charge in [0.1, 0.15) is 5.60 Å². The first-order chi connectivity index (χ1) is 14.3. The quantitative estimate of drug-likeness (QED) is 0.585. The molecule has 0 N–H and O–H groups in total. The molecule has 0 unspecified atom stereocenters. The van der Waals surface area contributed by atoms with Crippen LogP contribution in [0.15, 0.2) is 54.6 Å². The minimum Gasteiger partial charge on any atom is -0.462 e. The fourth-order valence-corrected chi connectivity index (χ4v) is 3.58. The molecule has 0 radical (unpaired) electrons. The van der Waals surface area contributed by atoms with E-state index < -0.39 is 0 Å². The highest BCUT2D eigenvalue weighted by Gasteiger charge is 2.26. The maximum atomic E-state index is 9.60. The lowest BCUT2D eigenvalue weighted by Gasteiger charge is -2.14. The molecule has 158 valence electrons. The maximum Gasteiger partial charge on any atom is 0.293 e. The van der Waals surface area contributed by atoms with Crippen molar-refractivity contribution in [2.45, 2.75) is 52.9 Å². The smallest absolute Gasteiger partial charge is 0.293 e. The largest absolute Gasteiger partial charge is 0.462 e. The molecule has 2 heterocycles. The second kappa shape index (κ2) is 9.26. The summed E-state index contributed by atoms with van der Waals surface area (Å²) in [5.74, 6) is 0. The number of hydrogen-bond acceptors (Lipinski definition) is 4. The zero-order valence-electron chi connectivity index (χ0n) is 18.6. The molecule has 0 bridgehead atoms. The van der Waals surface area contributed by atoms with Crippen LogP contribution in [-0.2, 0) is 29.2 Å². The predicted octanol–water partition coefficient (Wildman–Crippen LogP) is 4.81. The first-order valence-electron chi connectivity index (χ1n) is 10.3. The van der Waals surface area contributed by atoms with E-state index in [0.29, 0.717) is 6.47 Å². The van der Waals surface area contributed by atoms with E-state index in [1.165, 1.54) is 33.6 Å². The van der Waals surface area contributed by atoms with Gasteiger partial charge in [0.25, 0.3) is 6.47 Å². The lowest BCUT2D eigenvalue weighted by molar-refractivity contribution is -0.138. The van der Waals surface area contributed by atoms with Gasteiger partial charge in [0.2, 0.25) is 0 Å². The highest BCUT2D eigenvalue weighted by molar-refractivity contribution is 5.68. The van der Waals surface area contributed by atoms with E-state index in [1.807, 2.05) is 20.8 Å². The van der Waals surface area contributed by atoms with Gasteiger partial charge in [-0.25, -0.2) is 0 Å². The van der Waals surface area contributed by atoms with Crippen molar-refractivity contribution in [3.63, 3.8) is 0 Å². The third-order valence-corrected chi connectivity index (χ3v) is 4.96. The van der Waals surface area contributed by atoms with Gasteiger partial charge in [0.05, 0.1) is 17.9 Å². The van der Waals surface area contributed by atoms with E-state index in [4.69, 9.17) is 5.10 Å². The molecule has 0 atom stereocenters. The van der Waals surface area contributed by atoms with E-state index >= 15 is 0 Å². The van der Waals surface area contributed by atoms with Crippen LogP contribution in [0.1, 0.15) is 43.2 Å². The normalized spacial score (nSPS) is 13.4. The average Bonchev–Trinajstić information content (AvgIpc) is 3.18. The van der Waals surface area contributed by atoms with Crippen molar-refractivity contribution in [2.24, 2.45) is 0 Å². The molecule has 1 aromatic heterocycles. The van der Waals surface area contributed by atoms with Gasteiger partial charge >= 0.3 is 0 Å². The van der Waals surface area contributed by atoms with E-state index in [-0.39, 0.29) is 5.60 Å². The molecule has 0 aliphatic carbocycles. The number of aromatic nitrogens is 2. The second-order valence-corrected chi connectivity index (χ2v) is 8.73. The van der Waals surface area contributed by atoms with E-state index in [2.05, 4.69) is 82.9 Å². The highest BCUT2D eigenvalue weighted by atomic mass is 16.5. The van der Waals surface area contributed by atoms with Gasteiger partial charge in [0.15, 0.2) is 0 Å². The number of ether oxygens (including phenoxy) is 1. The number of carbonyl (C=O) groups is 1. The molecule has 30 heavy (non-hydrogen) atoms. The van der Waals surface area contributed by atoms with Gasteiger partial charge in [-0.1, -0.05) is 54.6 Å². The number of fused-ring (bicyclic) bond motifs is 1. The first kappa shape index (κ1) is 21.8. The number of rotatable bonds is 4. The summed E-state index contributed by atoms with van der Waals surface area (Å²) in [7, 11) is 2.16. The number of aryl methyl sites for hydroxylation is 1. The summed E-state index contributed by atoms with van der Waals surface area (Å²) in [5, 5.41) is 4.93. The Kier molecular flexibility index (Phi) is 6.73. The molecule has 1 aliphatic heterocycles. The van der Waals surface area contributed by atoms with Crippen molar-refractivity contribution in [1.82, 2.24) is 14.7 Å². The second-order valence-electron chi connectivity index (χ2n) is 8.73. The molecule has 1 aliphatic rings. The van der Waals surface area contributed by atoms with Crippen molar-refractivity contribution < 1.29 is 9.53 Å². The maximum absolute atomic E-state index is 9.60. The van der Waals surface area contributed by atoms with Crippen molar-refractivity contribution in [2.75, 3.05) is 7.05 Å². The number of hydrogen-bond donors (Lipinski definition) is 0. The molecule has 0 saturated carbocycles. The Labute approximate surface area is 179 Å². The van der Waals surface area contributed by atoms with Crippen molar-refractivity contribution in [3.8, 4) is 11.3 Å². The van der Waals surface area contributed by atoms with Crippen LogP contribution in [0.5, 0.6) is 0 Å². The van der Waals surface area contributed by atoms with Crippen molar-refractivity contribution in [3.05, 3.63) is 77.0 Å². The molecule has 0 saturated heterocycles. The number of carbonyl (C=O) groups excluding carboxylic acids is 1. The third-order valence-electron chi connectivity index (χ3n) is 4.96. The SMILES string of the molecule is CC(C)(C)OC=O.Cc1ccccc1-c1c2c(nn1Cc1ccccc1)CN(C)C2. The lowest BCUT2D eigenvalue weighted by atomic mass is 10.0. The van der Waals surface area contributed by atoms with E-state index in [0.717, 1.165) is 19.6 Å². The van der Waals surface area contributed by atoms with Crippen LogP contribution < -0.4 is 0 Å². The summed E-state index contributed by atoms with van der Waals surface area (Å²) in [4.78, 5) is 11.9. The molecule has 0 fully saturated rings. The minimum atomic E-state index is -0.318. The van der Waals surface area contributed by atoms with Crippen LogP contribution in [0.3, 0.4) is 0 Å². The predicted molar refractivity (Wildman–Crippen MR) is 120 cm³/mol. The van der Waals surface area contributed by atoms with Crippen molar-refractivity contribution >= 4 is 6.47 Å². The van der Waals surface area contributed by atoms with Gasteiger partial charge in [0, 0.05) is 24.2 Å². The van der Waals surface area contributed by atoms with Crippen LogP contribution >= 0.6 is 0 Å². The van der Waals surface area contributed by atoms with Crippen LogP contribution in [0.2, 0.25) is 0 Å². The molecule has 2 aromatic carbocycles. The number of nitrogens with zero attached hydrogens (tertiary/aromatic N) is 3. The zero-order valence-corrected chi connectivity index (χ0v) is 18.6. The molecular formula is C25H31N3O2. The molecule has 5 nitrogen and oxygen atoms in total. The van der Waals surface area contributed by atoms with Gasteiger partial charge in [-0.2, -0.15) is 5.10 Å². The molecule has 3 aromatic rings. The minimum absolute atomic E-state index is 0.318. The fourth-order valence-electron chi connectivity index (χ4n) is 3.58. The zero-order chi connectivity index (χ0) is 21.7. The molecule has 0 amide bonds. The van der Waals surface area contributed by atoms with Gasteiger partial charge in [-0.05, 0) is 45.9 Å². The van der Waals surface area contributed by atoms with Gasteiger partial charge < -0.3 is 4.74 Å². The van der Waals surface area contributed by atoms with Crippen LogP contribution in [-0.4, -0.2) is 33.8 Å². The van der Waals surface area contributed by atoms with Crippen LogP contribution in [0.4, 0.5) is 0 Å².